The Hall–Kier alpha value is -5.97. The van der Waals surface area contributed by atoms with E-state index in [4.69, 9.17) is 16.3 Å². The lowest BCUT2D eigenvalue weighted by atomic mass is 9.73. The van der Waals surface area contributed by atoms with Crippen molar-refractivity contribution in [2.75, 3.05) is 75.7 Å². The molecule has 1 unspecified atom stereocenters. The lowest BCUT2D eigenvalue weighted by Crippen LogP contribution is -2.54. The summed E-state index contributed by atoms with van der Waals surface area (Å²) < 4.78 is 20.5. The number of halogens is 2. The number of carbonyl (C=O) groups is 6. The third-order valence-electron chi connectivity index (χ3n) is 16.1. The fraction of sp³-hybridized carbons (Fsp3) is 0.500. The van der Waals surface area contributed by atoms with Crippen LogP contribution < -0.4 is 20.3 Å². The van der Waals surface area contributed by atoms with Gasteiger partial charge in [-0.25, -0.2) is 4.39 Å². The summed E-state index contributed by atoms with van der Waals surface area (Å²) in [5, 5.41) is 6.69. The third kappa shape index (κ3) is 10.7. The highest BCUT2D eigenvalue weighted by Gasteiger charge is 2.45. The Kier molecular flexibility index (Phi) is 14.4. The van der Waals surface area contributed by atoms with Crippen LogP contribution in [0.3, 0.4) is 0 Å². The van der Waals surface area contributed by atoms with Crippen LogP contribution in [0.15, 0.2) is 66.9 Å². The average Bonchev–Trinajstić information content (AvgIpc) is 3.62. The van der Waals surface area contributed by atoms with Crippen LogP contribution in [0.5, 0.6) is 5.75 Å². The summed E-state index contributed by atoms with van der Waals surface area (Å²) in [5.41, 5.74) is 4.02. The minimum Gasteiger partial charge on any atom is -0.489 e. The van der Waals surface area contributed by atoms with Crippen molar-refractivity contribution in [3.8, 4) is 5.75 Å². The molecule has 3 aromatic carbocycles. The maximum atomic E-state index is 14.1. The first kappa shape index (κ1) is 48.6. The maximum Gasteiger partial charge on any atom is 0.262 e. The Morgan fingerprint density at radius 2 is 1.55 bits per heavy atom. The molecule has 1 saturated carbocycles. The number of ether oxygens (including phenoxy) is 1. The van der Waals surface area contributed by atoms with E-state index in [9.17, 15) is 33.2 Å². The fourth-order valence-electron chi connectivity index (χ4n) is 11.8. The van der Waals surface area contributed by atoms with E-state index in [1.54, 1.807) is 48.7 Å². The van der Waals surface area contributed by atoms with Gasteiger partial charge in [-0.15, -0.1) is 0 Å². The number of nitrogens with zero attached hydrogens (tertiary/aromatic N) is 6. The topological polar surface area (TPSA) is 165 Å². The molecule has 2 atom stereocenters. The van der Waals surface area contributed by atoms with Crippen LogP contribution in [0.2, 0.25) is 5.02 Å². The second kappa shape index (κ2) is 21.0. The van der Waals surface area contributed by atoms with Crippen LogP contribution in [-0.4, -0.2) is 138 Å². The molecule has 374 valence electrons. The summed E-state index contributed by atoms with van der Waals surface area (Å²) in [6.07, 6.45) is 9.01. The summed E-state index contributed by atoms with van der Waals surface area (Å²) in [6, 6.07) is 16.4. The molecular weight excluding hydrogens is 927 g/mol. The molecule has 4 saturated heterocycles. The van der Waals surface area contributed by atoms with Gasteiger partial charge in [0.1, 0.15) is 23.7 Å². The fourth-order valence-corrected chi connectivity index (χ4v) is 12.0. The van der Waals surface area contributed by atoms with Gasteiger partial charge < -0.3 is 19.9 Å². The molecule has 1 aromatic heterocycles. The van der Waals surface area contributed by atoms with Crippen molar-refractivity contribution >= 4 is 69.3 Å². The normalized spacial score (nSPS) is 23.5. The van der Waals surface area contributed by atoms with Gasteiger partial charge in [0, 0.05) is 100 Å². The van der Waals surface area contributed by atoms with Crippen LogP contribution in [0.1, 0.15) is 103 Å². The van der Waals surface area contributed by atoms with E-state index < -0.39 is 29.7 Å². The largest absolute Gasteiger partial charge is 0.489 e. The molecule has 6 aliphatic rings. The zero-order chi connectivity index (χ0) is 49.3. The highest BCUT2D eigenvalue weighted by Crippen LogP contribution is 2.41. The monoisotopic (exact) mass is 988 g/mol. The molecule has 0 radical (unpaired) electrons. The quantitative estimate of drug-likeness (QED) is 0.142. The predicted molar refractivity (Wildman–Crippen MR) is 267 cm³/mol. The van der Waals surface area contributed by atoms with Crippen LogP contribution in [0.25, 0.3) is 10.9 Å². The van der Waals surface area contributed by atoms with Gasteiger partial charge in [0.2, 0.25) is 23.6 Å². The van der Waals surface area contributed by atoms with Crippen molar-refractivity contribution in [2.45, 2.75) is 89.2 Å². The molecule has 17 heteroatoms. The smallest absolute Gasteiger partial charge is 0.262 e. The Morgan fingerprint density at radius 3 is 2.30 bits per heavy atom. The molecule has 5 aliphatic heterocycles. The first-order valence-electron chi connectivity index (χ1n) is 25.5. The van der Waals surface area contributed by atoms with Gasteiger partial charge in [0.05, 0.1) is 28.2 Å². The highest BCUT2D eigenvalue weighted by molar-refractivity contribution is 6.32. The molecule has 6 amide bonds. The number of fused-ring (bicyclic) bond motifs is 2. The van der Waals surface area contributed by atoms with E-state index in [-0.39, 0.29) is 54.0 Å². The first-order valence-corrected chi connectivity index (χ1v) is 25.9. The molecular formula is C54H62ClFN8O7. The lowest BCUT2D eigenvalue weighted by molar-refractivity contribution is -0.136. The Morgan fingerprint density at radius 1 is 0.803 bits per heavy atom. The predicted octanol–water partition coefficient (Wildman–Crippen LogP) is 6.88. The van der Waals surface area contributed by atoms with Crippen molar-refractivity contribution in [2.24, 2.45) is 17.8 Å². The Labute approximate surface area is 418 Å². The molecule has 6 heterocycles. The van der Waals surface area contributed by atoms with Crippen molar-refractivity contribution < 1.29 is 37.9 Å². The minimum atomic E-state index is -0.984. The number of carbonyl (C=O) groups excluding carboxylic acids is 6. The maximum absolute atomic E-state index is 14.1. The molecule has 0 bridgehead atoms. The summed E-state index contributed by atoms with van der Waals surface area (Å²) >= 11 is 6.61. The van der Waals surface area contributed by atoms with Gasteiger partial charge in [-0.2, -0.15) is 0 Å². The first-order chi connectivity index (χ1) is 34.3. The van der Waals surface area contributed by atoms with E-state index in [1.807, 2.05) is 24.0 Å². The average molecular weight is 990 g/mol. The standard InChI is InChI=1S/C54H62ClFN8O7/c1-33(35-2-4-36(5-3-35)41-14-19-57-46-11-6-37(56)28-43(41)46)51(67)58-38-7-10-45(55)48(29-38)71-40-17-22-63(23-18-40)50(66)32-60-20-15-34(16-21-60)31-61-24-26-62(27-25-61)39-8-9-42-44(30-39)54(70)64(53(42)69)47-12-13-49(65)59-52(47)68/h6-11,14,19,28-30,33-36,40,47H,2-5,12-13,15-18,20-27,31-32H2,1H3,(H,58,67)(H,59,65,68)/t33-,35?,36?,47?/m1/s1. The zero-order valence-electron chi connectivity index (χ0n) is 40.3. The number of rotatable bonds is 12. The molecule has 4 aromatic rings. The van der Waals surface area contributed by atoms with Crippen LogP contribution >= 0.6 is 11.6 Å². The molecule has 1 aliphatic carbocycles. The number of piperazine rings is 1. The number of benzene rings is 3. The lowest BCUT2D eigenvalue weighted by Gasteiger charge is -2.40. The van der Waals surface area contributed by atoms with Crippen LogP contribution in [0.4, 0.5) is 15.8 Å². The van der Waals surface area contributed by atoms with Crippen LogP contribution in [0, 0.1) is 23.6 Å². The van der Waals surface area contributed by atoms with Gasteiger partial charge in [-0.3, -0.25) is 53.8 Å². The number of likely N-dealkylation sites (tertiary alicyclic amines) is 2. The number of hydrogen-bond acceptors (Lipinski definition) is 11. The molecule has 0 spiro atoms. The van der Waals surface area contributed by atoms with E-state index in [1.165, 1.54) is 6.07 Å². The number of imide groups is 2. The summed E-state index contributed by atoms with van der Waals surface area (Å²) in [4.78, 5) is 92.1. The van der Waals surface area contributed by atoms with Crippen molar-refractivity contribution in [1.82, 2.24) is 29.9 Å². The summed E-state index contributed by atoms with van der Waals surface area (Å²) in [7, 11) is 0. The number of hydrogen-bond donors (Lipinski definition) is 2. The minimum absolute atomic E-state index is 0.0388. The zero-order valence-corrected chi connectivity index (χ0v) is 41.0. The number of pyridine rings is 1. The summed E-state index contributed by atoms with van der Waals surface area (Å²) in [5.74, 6) is -0.747. The van der Waals surface area contributed by atoms with Gasteiger partial charge >= 0.3 is 0 Å². The van der Waals surface area contributed by atoms with E-state index >= 15 is 0 Å². The van der Waals surface area contributed by atoms with E-state index in [0.29, 0.717) is 66.3 Å². The second-order valence-electron chi connectivity index (χ2n) is 20.5. The number of aromatic nitrogens is 1. The summed E-state index contributed by atoms with van der Waals surface area (Å²) in [6.45, 7) is 9.69. The highest BCUT2D eigenvalue weighted by atomic mass is 35.5. The Bertz CT molecular complexity index is 2710. The molecule has 71 heavy (non-hydrogen) atoms. The number of amides is 6. The molecule has 5 fully saturated rings. The third-order valence-corrected chi connectivity index (χ3v) is 16.4. The number of nitrogens with one attached hydrogen (secondary N) is 2. The van der Waals surface area contributed by atoms with Gasteiger partial charge in [0.25, 0.3) is 11.8 Å². The molecule has 10 rings (SSSR count). The van der Waals surface area contributed by atoms with Crippen molar-refractivity contribution in [1.29, 1.82) is 0 Å². The van der Waals surface area contributed by atoms with Crippen molar-refractivity contribution in [3.05, 3.63) is 94.4 Å². The second-order valence-corrected chi connectivity index (χ2v) is 20.9. The Balaban J connectivity index is 0.623. The molecule has 2 N–H and O–H groups in total. The van der Waals surface area contributed by atoms with E-state index in [2.05, 4.69) is 30.3 Å². The van der Waals surface area contributed by atoms with Gasteiger partial charge in [-0.05, 0) is 136 Å². The van der Waals surface area contributed by atoms with Gasteiger partial charge in [0.15, 0.2) is 0 Å². The van der Waals surface area contributed by atoms with Gasteiger partial charge in [-0.1, -0.05) is 18.5 Å². The number of piperidine rings is 3. The number of anilines is 2. The van der Waals surface area contributed by atoms with E-state index in [0.717, 1.165) is 111 Å². The van der Waals surface area contributed by atoms with Crippen LogP contribution in [-0.2, 0) is 19.2 Å². The SMILES string of the molecule is C[C@@H](C(=O)Nc1ccc(Cl)c(OC2CCN(C(=O)CN3CCC(CN4CCN(c5ccc6c(c5)C(=O)N(C5CCC(=O)NC5=O)C6=O)CC4)CC3)CC2)c1)C1CCC(c2ccnc3ccc(F)cc23)CC1. The molecule has 15 nitrogen and oxygen atoms in total. The van der Waals surface area contributed by atoms with Crippen molar-refractivity contribution in [3.63, 3.8) is 0 Å².